The van der Waals surface area contributed by atoms with Crippen LogP contribution >= 0.6 is 0 Å². The van der Waals surface area contributed by atoms with E-state index in [0.717, 1.165) is 12.8 Å². The van der Waals surface area contributed by atoms with Gasteiger partial charge in [0, 0.05) is 23.3 Å². The number of nitrogens with one attached hydrogen (secondary N) is 3. The molecule has 1 saturated heterocycles. The summed E-state index contributed by atoms with van der Waals surface area (Å²) in [5.41, 5.74) is 1.61. The molecule has 3 N–H and O–H groups in total. The van der Waals surface area contributed by atoms with E-state index >= 15 is 0 Å². The van der Waals surface area contributed by atoms with Gasteiger partial charge >= 0.3 is 0 Å². The van der Waals surface area contributed by atoms with Crippen molar-refractivity contribution >= 4 is 33.2 Å². The Bertz CT molecular complexity index is 989. The molecule has 1 fully saturated rings. The molecule has 0 radical (unpaired) electrons. The minimum absolute atomic E-state index is 0.0689. The Balaban J connectivity index is 2.11. The highest BCUT2D eigenvalue weighted by molar-refractivity contribution is 7.90. The molecule has 8 heteroatoms. The zero-order chi connectivity index (χ0) is 20.9. The van der Waals surface area contributed by atoms with Crippen molar-refractivity contribution in [1.29, 1.82) is 5.41 Å². The van der Waals surface area contributed by atoms with Crippen molar-refractivity contribution in [3.05, 3.63) is 23.8 Å². The number of hydrogen-bond acceptors (Lipinski definition) is 6. The number of benzene rings is 1. The second kappa shape index (κ2) is 6.84. The standard InChI is InChI=1S/C20H31N5O2S/c1-13(2)28(26,27)25-17-9-14(12-21)7-8-16(17)23-18(25)22-15-10-19(3,4)24-20(5,6)11-15/h7-9,12-13,15,21,24H,10-11H2,1-6H3,(H,22,23). The number of rotatable bonds is 5. The Morgan fingerprint density at radius 3 is 2.39 bits per heavy atom. The molecule has 7 nitrogen and oxygen atoms in total. The summed E-state index contributed by atoms with van der Waals surface area (Å²) >= 11 is 0. The third-order valence-corrected chi connectivity index (χ3v) is 7.25. The SMILES string of the molecule is CC(C)S(=O)(=O)n1c(NC2CC(C)(C)NC(C)(C)C2)nc2ccc(C=N)cc21. The zero-order valence-electron chi connectivity index (χ0n) is 17.5. The molecule has 1 aromatic carbocycles. The predicted molar refractivity (Wildman–Crippen MR) is 115 cm³/mol. The minimum atomic E-state index is -3.62. The third-order valence-electron chi connectivity index (χ3n) is 5.18. The molecule has 1 aliphatic heterocycles. The maximum Gasteiger partial charge on any atom is 0.244 e. The molecule has 0 bridgehead atoms. The average Bonchev–Trinajstić information content (AvgIpc) is 2.88. The fourth-order valence-corrected chi connectivity index (χ4v) is 5.50. The molecule has 0 aliphatic carbocycles. The first-order valence-corrected chi connectivity index (χ1v) is 11.2. The Morgan fingerprint density at radius 2 is 1.86 bits per heavy atom. The number of imidazole rings is 1. The molecule has 2 aromatic rings. The van der Waals surface area contributed by atoms with E-state index in [1.165, 1.54) is 10.2 Å². The average molecular weight is 406 g/mol. The summed E-state index contributed by atoms with van der Waals surface area (Å²) < 4.78 is 27.6. The Labute approximate surface area is 167 Å². The van der Waals surface area contributed by atoms with E-state index < -0.39 is 15.3 Å². The monoisotopic (exact) mass is 405 g/mol. The summed E-state index contributed by atoms with van der Waals surface area (Å²) in [4.78, 5) is 4.60. The number of fused-ring (bicyclic) bond motifs is 1. The van der Waals surface area contributed by atoms with Crippen LogP contribution in [0.1, 0.15) is 59.9 Å². The van der Waals surface area contributed by atoms with Crippen molar-refractivity contribution in [2.45, 2.75) is 76.8 Å². The lowest BCUT2D eigenvalue weighted by atomic mass is 9.80. The predicted octanol–water partition coefficient (Wildman–Crippen LogP) is 3.34. The molecule has 0 atom stereocenters. The van der Waals surface area contributed by atoms with Crippen LogP contribution in [0.2, 0.25) is 0 Å². The van der Waals surface area contributed by atoms with Crippen molar-refractivity contribution in [1.82, 2.24) is 14.3 Å². The second-order valence-electron chi connectivity index (χ2n) is 9.33. The van der Waals surface area contributed by atoms with Crippen molar-refractivity contribution in [3.8, 4) is 0 Å². The van der Waals surface area contributed by atoms with Gasteiger partial charge in [0.2, 0.25) is 16.0 Å². The number of piperidine rings is 1. The molecule has 2 heterocycles. The third kappa shape index (κ3) is 3.93. The number of nitrogens with zero attached hydrogens (tertiary/aromatic N) is 2. The van der Waals surface area contributed by atoms with Gasteiger partial charge in [0.05, 0.1) is 16.3 Å². The number of anilines is 1. The van der Waals surface area contributed by atoms with Gasteiger partial charge in [-0.25, -0.2) is 17.4 Å². The maximum atomic E-state index is 13.1. The normalized spacial score (nSPS) is 19.8. The number of hydrogen-bond donors (Lipinski definition) is 3. The molecule has 1 aromatic heterocycles. The second-order valence-corrected chi connectivity index (χ2v) is 11.7. The molecule has 0 unspecified atom stereocenters. The summed E-state index contributed by atoms with van der Waals surface area (Å²) in [6.07, 6.45) is 2.92. The van der Waals surface area contributed by atoms with Gasteiger partial charge in [-0.15, -0.1) is 0 Å². The lowest BCUT2D eigenvalue weighted by Gasteiger charge is -2.46. The molecular formula is C20H31N5O2S. The first-order chi connectivity index (χ1) is 12.8. The van der Waals surface area contributed by atoms with E-state index in [4.69, 9.17) is 5.41 Å². The molecule has 1 aliphatic rings. The summed E-state index contributed by atoms with van der Waals surface area (Å²) in [5, 5.41) is 14.0. The smallest absolute Gasteiger partial charge is 0.244 e. The van der Waals surface area contributed by atoms with E-state index in [9.17, 15) is 8.42 Å². The quantitative estimate of drug-likeness (QED) is 0.663. The van der Waals surface area contributed by atoms with Gasteiger partial charge in [-0.1, -0.05) is 6.07 Å². The molecule has 28 heavy (non-hydrogen) atoms. The van der Waals surface area contributed by atoms with Crippen LogP contribution in [0.5, 0.6) is 0 Å². The molecule has 154 valence electrons. The van der Waals surface area contributed by atoms with Crippen LogP contribution in [0.4, 0.5) is 5.95 Å². The summed E-state index contributed by atoms with van der Waals surface area (Å²) in [5.74, 6) is 0.351. The Morgan fingerprint density at radius 1 is 1.25 bits per heavy atom. The molecule has 0 spiro atoms. The zero-order valence-corrected chi connectivity index (χ0v) is 18.3. The first-order valence-electron chi connectivity index (χ1n) is 9.68. The molecule has 0 saturated carbocycles. The maximum absolute atomic E-state index is 13.1. The highest BCUT2D eigenvalue weighted by atomic mass is 32.2. The molecule has 0 amide bonds. The topological polar surface area (TPSA) is 99.9 Å². The first kappa shape index (κ1) is 20.8. The van der Waals surface area contributed by atoms with E-state index in [-0.39, 0.29) is 17.1 Å². The van der Waals surface area contributed by atoms with Crippen LogP contribution in [-0.2, 0) is 10.0 Å². The van der Waals surface area contributed by atoms with E-state index in [0.29, 0.717) is 22.5 Å². The van der Waals surface area contributed by atoms with Crippen molar-refractivity contribution < 1.29 is 8.42 Å². The largest absolute Gasteiger partial charge is 0.352 e. The van der Waals surface area contributed by atoms with Crippen LogP contribution in [-0.4, -0.2) is 46.0 Å². The minimum Gasteiger partial charge on any atom is -0.352 e. The fraction of sp³-hybridized carbons (Fsp3) is 0.600. The lowest BCUT2D eigenvalue weighted by molar-refractivity contribution is 0.170. The lowest BCUT2D eigenvalue weighted by Crippen LogP contribution is -2.60. The van der Waals surface area contributed by atoms with Crippen molar-refractivity contribution in [2.75, 3.05) is 5.32 Å². The van der Waals surface area contributed by atoms with Crippen molar-refractivity contribution in [2.24, 2.45) is 0 Å². The number of aromatic nitrogens is 2. The molecular weight excluding hydrogens is 374 g/mol. The van der Waals surface area contributed by atoms with Gasteiger partial charge in [0.15, 0.2) is 0 Å². The Hall–Kier alpha value is -1.93. The van der Waals surface area contributed by atoms with Gasteiger partial charge in [-0.05, 0) is 72.1 Å². The van der Waals surface area contributed by atoms with Crippen LogP contribution in [0.3, 0.4) is 0 Å². The van der Waals surface area contributed by atoms with E-state index in [2.05, 4.69) is 43.3 Å². The summed E-state index contributed by atoms with van der Waals surface area (Å²) in [6, 6.07) is 5.33. The van der Waals surface area contributed by atoms with Crippen LogP contribution in [0, 0.1) is 5.41 Å². The summed E-state index contributed by atoms with van der Waals surface area (Å²) in [7, 11) is -3.62. The molecule has 3 rings (SSSR count). The van der Waals surface area contributed by atoms with Crippen LogP contribution < -0.4 is 10.6 Å². The van der Waals surface area contributed by atoms with Crippen LogP contribution in [0.15, 0.2) is 18.2 Å². The van der Waals surface area contributed by atoms with E-state index in [1.54, 1.807) is 32.0 Å². The van der Waals surface area contributed by atoms with Crippen molar-refractivity contribution in [3.63, 3.8) is 0 Å². The van der Waals surface area contributed by atoms with Crippen LogP contribution in [0.25, 0.3) is 11.0 Å². The highest BCUT2D eigenvalue weighted by Crippen LogP contribution is 2.32. The van der Waals surface area contributed by atoms with Gasteiger partial charge in [-0.2, -0.15) is 0 Å². The summed E-state index contributed by atoms with van der Waals surface area (Å²) in [6.45, 7) is 12.0. The van der Waals surface area contributed by atoms with Gasteiger partial charge < -0.3 is 16.0 Å². The van der Waals surface area contributed by atoms with E-state index in [1.807, 2.05) is 0 Å². The van der Waals surface area contributed by atoms with Gasteiger partial charge in [-0.3, -0.25) is 0 Å². The van der Waals surface area contributed by atoms with Gasteiger partial charge in [0.1, 0.15) is 0 Å². The Kier molecular flexibility index (Phi) is 5.08. The highest BCUT2D eigenvalue weighted by Gasteiger charge is 2.38. The van der Waals surface area contributed by atoms with Gasteiger partial charge in [0.25, 0.3) is 0 Å². The fourth-order valence-electron chi connectivity index (χ4n) is 4.33.